The van der Waals surface area contributed by atoms with E-state index in [1.165, 1.54) is 23.8 Å². The van der Waals surface area contributed by atoms with Gasteiger partial charge in [-0.3, -0.25) is 14.8 Å². The third kappa shape index (κ3) is 5.60. The zero-order valence-electron chi connectivity index (χ0n) is 13.5. The fourth-order valence-electron chi connectivity index (χ4n) is 1.87. The second-order valence-corrected chi connectivity index (χ2v) is 4.90. The molecule has 7 heteroatoms. The number of benzene rings is 2. The Morgan fingerprint density at radius 3 is 2.28 bits per heavy atom. The largest absolute Gasteiger partial charge is 0.497 e. The van der Waals surface area contributed by atoms with Gasteiger partial charge in [0.25, 0.3) is 11.8 Å². The van der Waals surface area contributed by atoms with Gasteiger partial charge in [0.15, 0.2) is 0 Å². The first kappa shape index (κ1) is 17.9. The van der Waals surface area contributed by atoms with Crippen LogP contribution in [0, 0.1) is 0 Å². The summed E-state index contributed by atoms with van der Waals surface area (Å²) in [6, 6.07) is 13.8. The van der Waals surface area contributed by atoms with E-state index in [0.717, 1.165) is 11.3 Å². The molecule has 0 saturated carbocycles. The van der Waals surface area contributed by atoms with Gasteiger partial charge in [0.05, 0.1) is 13.3 Å². The molecule has 0 bridgehead atoms. The van der Waals surface area contributed by atoms with Gasteiger partial charge >= 0.3 is 0 Å². The Labute approximate surface area is 144 Å². The fraction of sp³-hybridized carbons (Fsp3) is 0.0556. The molecule has 0 aliphatic heterocycles. The van der Waals surface area contributed by atoms with E-state index in [0.29, 0.717) is 11.1 Å². The van der Waals surface area contributed by atoms with Crippen LogP contribution < -0.4 is 15.6 Å². The molecule has 25 heavy (non-hydrogen) atoms. The maximum Gasteiger partial charge on any atom is 0.271 e. The van der Waals surface area contributed by atoms with E-state index in [-0.39, 0.29) is 5.91 Å². The number of methoxy groups -OCH3 is 1. The molecule has 0 aliphatic carbocycles. The number of hydrogen-bond acceptors (Lipinski definition) is 5. The SMILES string of the molecule is COc1ccc(/C=N/NC(=O)c2ccc(/C=C/C(=O)NO)cc2)cc1. The topological polar surface area (TPSA) is 100 Å². The summed E-state index contributed by atoms with van der Waals surface area (Å²) in [6.07, 6.45) is 4.21. The van der Waals surface area contributed by atoms with E-state index in [9.17, 15) is 9.59 Å². The number of hydroxylamine groups is 1. The number of amides is 2. The summed E-state index contributed by atoms with van der Waals surface area (Å²) in [4.78, 5) is 22.9. The van der Waals surface area contributed by atoms with E-state index in [4.69, 9.17) is 9.94 Å². The van der Waals surface area contributed by atoms with Crippen molar-refractivity contribution in [2.75, 3.05) is 7.11 Å². The van der Waals surface area contributed by atoms with Crippen LogP contribution in [0.2, 0.25) is 0 Å². The lowest BCUT2D eigenvalue weighted by Crippen LogP contribution is -2.17. The van der Waals surface area contributed by atoms with Gasteiger partial charge in [-0.1, -0.05) is 12.1 Å². The molecule has 0 heterocycles. The minimum atomic E-state index is -0.630. The van der Waals surface area contributed by atoms with Crippen molar-refractivity contribution in [2.45, 2.75) is 0 Å². The number of rotatable bonds is 6. The molecule has 0 aliphatic rings. The van der Waals surface area contributed by atoms with Crippen molar-refractivity contribution in [3.8, 4) is 5.75 Å². The van der Waals surface area contributed by atoms with Crippen molar-refractivity contribution >= 4 is 24.1 Å². The number of hydrazone groups is 1. The Bertz CT molecular complexity index is 781. The van der Waals surface area contributed by atoms with Gasteiger partial charge in [-0.25, -0.2) is 10.9 Å². The molecule has 0 radical (unpaired) electrons. The third-order valence-corrected chi connectivity index (χ3v) is 3.21. The van der Waals surface area contributed by atoms with Gasteiger partial charge in [-0.05, 0) is 53.6 Å². The van der Waals surface area contributed by atoms with E-state index in [1.54, 1.807) is 43.5 Å². The van der Waals surface area contributed by atoms with Crippen molar-refractivity contribution in [2.24, 2.45) is 5.10 Å². The van der Waals surface area contributed by atoms with Crippen molar-refractivity contribution in [3.05, 3.63) is 71.3 Å². The highest BCUT2D eigenvalue weighted by atomic mass is 16.5. The molecule has 0 spiro atoms. The van der Waals surface area contributed by atoms with Crippen molar-refractivity contribution in [3.63, 3.8) is 0 Å². The lowest BCUT2D eigenvalue weighted by Gasteiger charge is -2.01. The summed E-state index contributed by atoms with van der Waals surface area (Å²) < 4.78 is 5.06. The highest BCUT2D eigenvalue weighted by molar-refractivity contribution is 5.95. The van der Waals surface area contributed by atoms with Crippen LogP contribution in [-0.4, -0.2) is 30.3 Å². The first-order chi connectivity index (χ1) is 12.1. The predicted molar refractivity (Wildman–Crippen MR) is 93.5 cm³/mol. The highest BCUT2D eigenvalue weighted by Gasteiger charge is 2.03. The average molecular weight is 339 g/mol. The van der Waals surface area contributed by atoms with E-state index < -0.39 is 5.91 Å². The quantitative estimate of drug-likeness (QED) is 0.324. The molecule has 0 aromatic heterocycles. The van der Waals surface area contributed by atoms with Crippen LogP contribution in [0.4, 0.5) is 0 Å². The number of hydrogen-bond donors (Lipinski definition) is 3. The average Bonchev–Trinajstić information content (AvgIpc) is 2.66. The number of carbonyl (C=O) groups is 2. The summed E-state index contributed by atoms with van der Waals surface area (Å²) in [6.45, 7) is 0. The van der Waals surface area contributed by atoms with Gasteiger partial charge in [-0.15, -0.1) is 0 Å². The Morgan fingerprint density at radius 1 is 1.04 bits per heavy atom. The molecule has 7 nitrogen and oxygen atoms in total. The number of nitrogens with zero attached hydrogens (tertiary/aromatic N) is 1. The van der Waals surface area contributed by atoms with Crippen molar-refractivity contribution < 1.29 is 19.5 Å². The van der Waals surface area contributed by atoms with E-state index in [2.05, 4.69) is 10.5 Å². The predicted octanol–water partition coefficient (Wildman–Crippen LogP) is 1.98. The highest BCUT2D eigenvalue weighted by Crippen LogP contribution is 2.10. The number of nitrogens with one attached hydrogen (secondary N) is 2. The van der Waals surface area contributed by atoms with Crippen LogP contribution in [0.5, 0.6) is 5.75 Å². The van der Waals surface area contributed by atoms with Gasteiger partial charge in [0, 0.05) is 11.6 Å². The van der Waals surface area contributed by atoms with E-state index in [1.807, 2.05) is 12.1 Å². The van der Waals surface area contributed by atoms with Crippen LogP contribution in [-0.2, 0) is 4.79 Å². The zero-order valence-corrected chi connectivity index (χ0v) is 13.5. The van der Waals surface area contributed by atoms with Crippen LogP contribution in [0.3, 0.4) is 0 Å². The van der Waals surface area contributed by atoms with Crippen molar-refractivity contribution in [1.82, 2.24) is 10.9 Å². The van der Waals surface area contributed by atoms with Crippen LogP contribution >= 0.6 is 0 Å². The summed E-state index contributed by atoms with van der Waals surface area (Å²) in [5, 5.41) is 12.3. The lowest BCUT2D eigenvalue weighted by molar-refractivity contribution is -0.124. The number of carbonyl (C=O) groups excluding carboxylic acids is 2. The molecule has 0 fully saturated rings. The summed E-state index contributed by atoms with van der Waals surface area (Å²) in [5.41, 5.74) is 5.89. The normalized spacial score (nSPS) is 10.8. The minimum Gasteiger partial charge on any atom is -0.497 e. The van der Waals surface area contributed by atoms with Crippen LogP contribution in [0.1, 0.15) is 21.5 Å². The summed E-state index contributed by atoms with van der Waals surface area (Å²) in [7, 11) is 1.59. The molecule has 2 aromatic carbocycles. The molecule has 2 aromatic rings. The molecular weight excluding hydrogens is 322 g/mol. The van der Waals surface area contributed by atoms with Crippen LogP contribution in [0.15, 0.2) is 59.7 Å². The monoisotopic (exact) mass is 339 g/mol. The Morgan fingerprint density at radius 2 is 1.68 bits per heavy atom. The van der Waals surface area contributed by atoms with Crippen molar-refractivity contribution in [1.29, 1.82) is 0 Å². The lowest BCUT2D eigenvalue weighted by atomic mass is 10.1. The summed E-state index contributed by atoms with van der Waals surface area (Å²) >= 11 is 0. The maximum absolute atomic E-state index is 12.0. The molecule has 2 rings (SSSR count). The molecule has 0 unspecified atom stereocenters. The van der Waals surface area contributed by atoms with Crippen LogP contribution in [0.25, 0.3) is 6.08 Å². The first-order valence-corrected chi connectivity index (χ1v) is 7.32. The standard InChI is InChI=1S/C18H17N3O4/c1-25-16-9-4-14(5-10-16)12-19-20-18(23)15-7-2-13(3-8-15)6-11-17(22)21-24/h2-12,24H,1H3,(H,20,23)(H,21,22)/b11-6+,19-12+. The molecular formula is C18H17N3O4. The second-order valence-electron chi connectivity index (χ2n) is 4.90. The Hall–Kier alpha value is -3.45. The van der Waals surface area contributed by atoms with Gasteiger partial charge in [-0.2, -0.15) is 5.10 Å². The first-order valence-electron chi connectivity index (χ1n) is 7.32. The number of ether oxygens (including phenoxy) is 1. The Balaban J connectivity index is 1.92. The van der Waals surface area contributed by atoms with Gasteiger partial charge in [0.1, 0.15) is 5.75 Å². The molecule has 2 amide bonds. The van der Waals surface area contributed by atoms with E-state index >= 15 is 0 Å². The smallest absolute Gasteiger partial charge is 0.271 e. The molecule has 3 N–H and O–H groups in total. The third-order valence-electron chi connectivity index (χ3n) is 3.21. The zero-order chi connectivity index (χ0) is 18.1. The molecule has 128 valence electrons. The maximum atomic E-state index is 12.0. The van der Waals surface area contributed by atoms with Gasteiger partial charge < -0.3 is 4.74 Å². The molecule has 0 atom stereocenters. The Kier molecular flexibility index (Phi) is 6.44. The molecule has 0 saturated heterocycles. The van der Waals surface area contributed by atoms with Gasteiger partial charge in [0.2, 0.25) is 0 Å². The minimum absolute atomic E-state index is 0.353. The fourth-order valence-corrected chi connectivity index (χ4v) is 1.87. The summed E-state index contributed by atoms with van der Waals surface area (Å²) in [5.74, 6) is -0.241. The second kappa shape index (κ2) is 8.99.